The third-order valence-electron chi connectivity index (χ3n) is 4.33. The first-order valence-electron chi connectivity index (χ1n) is 8.75. The molecule has 2 aromatic carbocycles. The first-order chi connectivity index (χ1) is 13.6. The van der Waals surface area contributed by atoms with Gasteiger partial charge in [0.25, 0.3) is 17.8 Å². The Morgan fingerprint density at radius 2 is 1.82 bits per heavy atom. The summed E-state index contributed by atoms with van der Waals surface area (Å²) in [6.45, 7) is 0.0278. The van der Waals surface area contributed by atoms with Crippen LogP contribution in [-0.4, -0.2) is 31.5 Å². The lowest BCUT2D eigenvalue weighted by Crippen LogP contribution is -2.49. The first-order valence-corrected chi connectivity index (χ1v) is 8.75. The summed E-state index contributed by atoms with van der Waals surface area (Å²) in [5, 5.41) is 2.66. The molecule has 2 heterocycles. The van der Waals surface area contributed by atoms with Crippen LogP contribution in [0.5, 0.6) is 17.4 Å². The van der Waals surface area contributed by atoms with Crippen molar-refractivity contribution < 1.29 is 23.5 Å². The van der Waals surface area contributed by atoms with Crippen LogP contribution in [0.15, 0.2) is 71.1 Å². The van der Waals surface area contributed by atoms with Gasteiger partial charge < -0.3 is 24.1 Å². The van der Waals surface area contributed by atoms with E-state index in [0.717, 1.165) is 0 Å². The monoisotopic (exact) mass is 378 g/mol. The van der Waals surface area contributed by atoms with E-state index in [0.29, 0.717) is 17.2 Å². The average Bonchev–Trinajstić information content (AvgIpc) is 3.15. The van der Waals surface area contributed by atoms with E-state index in [1.807, 2.05) is 30.3 Å². The van der Waals surface area contributed by atoms with Crippen molar-refractivity contribution in [2.24, 2.45) is 0 Å². The molecule has 1 atom stereocenters. The maximum absolute atomic E-state index is 12.7. The normalized spacial score (nSPS) is 16.0. The third kappa shape index (κ3) is 3.55. The Morgan fingerprint density at radius 3 is 2.64 bits per heavy atom. The number of likely N-dealkylation sites (N-methyl/N-ethyl adjacent to an activating group) is 1. The molecular formula is C21H18N2O5. The molecule has 1 aromatic heterocycles. The largest absolute Gasteiger partial charge is 0.489 e. The predicted molar refractivity (Wildman–Crippen MR) is 102 cm³/mol. The number of fused-ring (bicyclic) bond motifs is 1. The van der Waals surface area contributed by atoms with Crippen LogP contribution in [0.4, 0.5) is 5.69 Å². The molecule has 3 aromatic rings. The van der Waals surface area contributed by atoms with Gasteiger partial charge in [0, 0.05) is 13.1 Å². The summed E-state index contributed by atoms with van der Waals surface area (Å²) in [5.41, 5.74) is 0.654. The van der Waals surface area contributed by atoms with Crippen LogP contribution in [0.25, 0.3) is 0 Å². The Kier molecular flexibility index (Phi) is 4.72. The van der Waals surface area contributed by atoms with Gasteiger partial charge in [-0.1, -0.05) is 30.3 Å². The molecule has 0 bridgehead atoms. The van der Waals surface area contributed by atoms with Gasteiger partial charge in [0.2, 0.25) is 0 Å². The minimum Gasteiger partial charge on any atom is -0.489 e. The van der Waals surface area contributed by atoms with Crippen LogP contribution >= 0.6 is 0 Å². The fraction of sp³-hybridized carbons (Fsp3) is 0.143. The number of ether oxygens (including phenoxy) is 2. The topological polar surface area (TPSA) is 81.0 Å². The zero-order valence-corrected chi connectivity index (χ0v) is 15.1. The van der Waals surface area contributed by atoms with Crippen molar-refractivity contribution in [1.82, 2.24) is 5.32 Å². The smallest absolute Gasteiger partial charge is 0.290 e. The van der Waals surface area contributed by atoms with E-state index in [1.165, 1.54) is 11.0 Å². The van der Waals surface area contributed by atoms with Gasteiger partial charge in [0.05, 0.1) is 5.69 Å². The SMILES string of the molecule is CN1C(=O)C(NC(=O)c2ccc(Oc3ccccc3)o2)COc2ccccc21. The lowest BCUT2D eigenvalue weighted by molar-refractivity contribution is -0.120. The molecule has 1 aliphatic heterocycles. The van der Waals surface area contributed by atoms with Gasteiger partial charge in [-0.05, 0) is 30.3 Å². The summed E-state index contributed by atoms with van der Waals surface area (Å²) >= 11 is 0. The van der Waals surface area contributed by atoms with Crippen LogP contribution in [0, 0.1) is 0 Å². The van der Waals surface area contributed by atoms with Gasteiger partial charge in [-0.2, -0.15) is 0 Å². The molecule has 0 aliphatic carbocycles. The molecule has 1 aliphatic rings. The van der Waals surface area contributed by atoms with Crippen molar-refractivity contribution in [1.29, 1.82) is 0 Å². The van der Waals surface area contributed by atoms with Gasteiger partial charge in [0.1, 0.15) is 24.1 Å². The summed E-state index contributed by atoms with van der Waals surface area (Å²) in [4.78, 5) is 26.7. The molecular weight excluding hydrogens is 360 g/mol. The fourth-order valence-electron chi connectivity index (χ4n) is 2.89. The van der Waals surface area contributed by atoms with Gasteiger partial charge in [-0.25, -0.2) is 0 Å². The Morgan fingerprint density at radius 1 is 1.07 bits per heavy atom. The van der Waals surface area contributed by atoms with E-state index in [-0.39, 0.29) is 24.2 Å². The minimum absolute atomic E-state index is 0.0278. The molecule has 0 saturated heterocycles. The zero-order valence-electron chi connectivity index (χ0n) is 15.1. The number of para-hydroxylation sites is 3. The molecule has 1 N–H and O–H groups in total. The maximum Gasteiger partial charge on any atom is 0.290 e. The molecule has 7 heteroatoms. The van der Waals surface area contributed by atoms with Gasteiger partial charge >= 0.3 is 0 Å². The van der Waals surface area contributed by atoms with Crippen LogP contribution in [0.1, 0.15) is 10.6 Å². The predicted octanol–water partition coefficient (Wildman–Crippen LogP) is 3.23. The Bertz CT molecular complexity index is 999. The van der Waals surface area contributed by atoms with Crippen molar-refractivity contribution in [3.05, 3.63) is 72.5 Å². The number of hydrogen-bond donors (Lipinski definition) is 1. The second-order valence-corrected chi connectivity index (χ2v) is 6.24. The third-order valence-corrected chi connectivity index (χ3v) is 4.33. The highest BCUT2D eigenvalue weighted by molar-refractivity contribution is 6.02. The van der Waals surface area contributed by atoms with E-state index >= 15 is 0 Å². The summed E-state index contributed by atoms with van der Waals surface area (Å²) in [5.74, 6) is 0.615. The van der Waals surface area contributed by atoms with Gasteiger partial charge in [0.15, 0.2) is 5.76 Å². The quantitative estimate of drug-likeness (QED) is 0.754. The Labute approximate surface area is 161 Å². The van der Waals surface area contributed by atoms with Crippen molar-refractivity contribution in [3.8, 4) is 17.4 Å². The maximum atomic E-state index is 12.7. The first kappa shape index (κ1) is 17.7. The van der Waals surface area contributed by atoms with Crippen LogP contribution < -0.4 is 19.7 Å². The fourth-order valence-corrected chi connectivity index (χ4v) is 2.89. The number of nitrogens with zero attached hydrogens (tertiary/aromatic N) is 1. The lowest BCUT2D eigenvalue weighted by Gasteiger charge is -2.19. The van der Waals surface area contributed by atoms with Crippen molar-refractivity contribution in [2.45, 2.75) is 6.04 Å². The number of hydrogen-bond acceptors (Lipinski definition) is 5. The van der Waals surface area contributed by atoms with Crippen LogP contribution in [0.2, 0.25) is 0 Å². The number of amides is 2. The summed E-state index contributed by atoms with van der Waals surface area (Å²) < 4.78 is 16.7. The number of benzene rings is 2. The number of anilines is 1. The van der Waals surface area contributed by atoms with Crippen molar-refractivity contribution in [3.63, 3.8) is 0 Å². The average molecular weight is 378 g/mol. The highest BCUT2D eigenvalue weighted by Crippen LogP contribution is 2.30. The van der Waals surface area contributed by atoms with Crippen LogP contribution in [-0.2, 0) is 4.79 Å². The Hall–Kier alpha value is -3.74. The molecule has 28 heavy (non-hydrogen) atoms. The second-order valence-electron chi connectivity index (χ2n) is 6.24. The summed E-state index contributed by atoms with van der Waals surface area (Å²) in [6, 6.07) is 18.5. The number of carbonyl (C=O) groups is 2. The molecule has 7 nitrogen and oxygen atoms in total. The van der Waals surface area contributed by atoms with E-state index in [9.17, 15) is 9.59 Å². The minimum atomic E-state index is -0.839. The van der Waals surface area contributed by atoms with E-state index in [4.69, 9.17) is 13.9 Å². The lowest BCUT2D eigenvalue weighted by atomic mass is 10.2. The number of furan rings is 1. The van der Waals surface area contributed by atoms with Crippen molar-refractivity contribution in [2.75, 3.05) is 18.6 Å². The van der Waals surface area contributed by atoms with Gasteiger partial charge in [-0.15, -0.1) is 0 Å². The molecule has 1 unspecified atom stereocenters. The van der Waals surface area contributed by atoms with E-state index in [2.05, 4.69) is 5.32 Å². The second kappa shape index (κ2) is 7.48. The standard InChI is InChI=1S/C21H18N2O5/c1-23-16-9-5-6-10-17(16)26-13-15(21(23)25)22-20(24)18-11-12-19(28-18)27-14-7-3-2-4-8-14/h2-12,15H,13H2,1H3,(H,22,24). The number of nitrogens with one attached hydrogen (secondary N) is 1. The molecule has 142 valence electrons. The molecule has 4 rings (SSSR count). The molecule has 0 spiro atoms. The molecule has 0 fully saturated rings. The Balaban J connectivity index is 1.45. The van der Waals surface area contributed by atoms with E-state index < -0.39 is 11.9 Å². The number of rotatable bonds is 4. The molecule has 0 saturated carbocycles. The zero-order chi connectivity index (χ0) is 19.5. The summed E-state index contributed by atoms with van der Waals surface area (Å²) in [6.07, 6.45) is 0. The summed E-state index contributed by atoms with van der Waals surface area (Å²) in [7, 11) is 1.65. The highest BCUT2D eigenvalue weighted by atomic mass is 16.6. The van der Waals surface area contributed by atoms with Crippen molar-refractivity contribution >= 4 is 17.5 Å². The van der Waals surface area contributed by atoms with Gasteiger partial charge in [-0.3, -0.25) is 9.59 Å². The molecule has 2 amide bonds. The van der Waals surface area contributed by atoms with Crippen LogP contribution in [0.3, 0.4) is 0 Å². The van der Waals surface area contributed by atoms with E-state index in [1.54, 1.807) is 37.4 Å². The number of carbonyl (C=O) groups excluding carboxylic acids is 2. The molecule has 0 radical (unpaired) electrons. The highest BCUT2D eigenvalue weighted by Gasteiger charge is 2.31.